The summed E-state index contributed by atoms with van der Waals surface area (Å²) in [6, 6.07) is 14.5. The van der Waals surface area contributed by atoms with Crippen LogP contribution in [0.3, 0.4) is 0 Å². The van der Waals surface area contributed by atoms with Crippen LogP contribution in [0.25, 0.3) is 32.3 Å². The maximum absolute atomic E-state index is 11.2. The van der Waals surface area contributed by atoms with E-state index >= 15 is 0 Å². The fraction of sp³-hybridized carbons (Fsp3) is 0. The van der Waals surface area contributed by atoms with E-state index in [2.05, 4.69) is 5.48 Å². The molecule has 0 aromatic heterocycles. The van der Waals surface area contributed by atoms with Gasteiger partial charge in [-0.2, -0.15) is 0 Å². The summed E-state index contributed by atoms with van der Waals surface area (Å²) in [5.41, 5.74) is 2.87. The van der Waals surface area contributed by atoms with Crippen LogP contribution >= 0.6 is 0 Å². The summed E-state index contributed by atoms with van der Waals surface area (Å²) in [6.45, 7) is 0. The van der Waals surface area contributed by atoms with Crippen LogP contribution in [0.2, 0.25) is 0 Å². The van der Waals surface area contributed by atoms with E-state index < -0.39 is 0 Å². The molecular weight excluding hydrogens is 268 g/mol. The third-order valence-electron chi connectivity index (χ3n) is 3.96. The van der Waals surface area contributed by atoms with Gasteiger partial charge in [-0.15, -0.1) is 0 Å². The highest BCUT2D eigenvalue weighted by Crippen LogP contribution is 2.40. The molecule has 4 aromatic carbocycles. The minimum absolute atomic E-state index is 0.0965. The van der Waals surface area contributed by atoms with Crippen molar-refractivity contribution in [2.45, 2.75) is 0 Å². The molecule has 0 aliphatic heterocycles. The van der Waals surface area contributed by atoms with Crippen molar-refractivity contribution < 1.29 is 10.1 Å². The van der Waals surface area contributed by atoms with Gasteiger partial charge in [-0.05, 0) is 34.4 Å². The van der Waals surface area contributed by atoms with Crippen LogP contribution in [-0.2, 0) is 0 Å². The Balaban J connectivity index is 2.33. The van der Waals surface area contributed by atoms with E-state index in [0.717, 1.165) is 26.9 Å². The zero-order valence-corrected chi connectivity index (χ0v) is 10.8. The minimum Gasteiger partial charge on any atom is -0.291 e. The second-order valence-corrected chi connectivity index (χ2v) is 4.99. The lowest BCUT2D eigenvalue weighted by molar-refractivity contribution is -0.383. The SMILES string of the molecule is O=[N+]([O-])c1ccc2ccc3ccc(NO)c4ccc1c2c34. The van der Waals surface area contributed by atoms with Crippen LogP contribution in [0.5, 0.6) is 0 Å². The Morgan fingerprint density at radius 3 is 2.10 bits per heavy atom. The van der Waals surface area contributed by atoms with Crippen molar-refractivity contribution in [1.29, 1.82) is 0 Å². The Morgan fingerprint density at radius 1 is 0.857 bits per heavy atom. The predicted octanol–water partition coefficient (Wildman–Crippen LogP) is 4.29. The first kappa shape index (κ1) is 11.9. The molecular formula is C16H10N2O3. The van der Waals surface area contributed by atoms with E-state index in [1.54, 1.807) is 24.3 Å². The molecule has 5 heteroatoms. The van der Waals surface area contributed by atoms with Crippen molar-refractivity contribution in [2.75, 3.05) is 5.48 Å². The van der Waals surface area contributed by atoms with Crippen LogP contribution in [-0.4, -0.2) is 10.1 Å². The highest BCUT2D eigenvalue weighted by molar-refractivity contribution is 6.26. The number of nitrogens with zero attached hydrogens (tertiary/aromatic N) is 1. The zero-order valence-electron chi connectivity index (χ0n) is 10.8. The number of benzene rings is 4. The fourth-order valence-electron chi connectivity index (χ4n) is 3.04. The molecule has 4 aromatic rings. The number of nitrogens with one attached hydrogen (secondary N) is 1. The normalized spacial score (nSPS) is 11.5. The Kier molecular flexibility index (Phi) is 2.28. The molecule has 102 valence electrons. The molecule has 21 heavy (non-hydrogen) atoms. The highest BCUT2D eigenvalue weighted by Gasteiger charge is 2.17. The summed E-state index contributed by atoms with van der Waals surface area (Å²) in [5.74, 6) is 0. The summed E-state index contributed by atoms with van der Waals surface area (Å²) in [5, 5.41) is 25.7. The predicted molar refractivity (Wildman–Crippen MR) is 82.2 cm³/mol. The molecule has 0 heterocycles. The van der Waals surface area contributed by atoms with Gasteiger partial charge in [0.05, 0.1) is 16.0 Å². The number of rotatable bonds is 2. The van der Waals surface area contributed by atoms with Gasteiger partial charge in [0.2, 0.25) is 0 Å². The molecule has 2 N–H and O–H groups in total. The van der Waals surface area contributed by atoms with Gasteiger partial charge in [-0.3, -0.25) is 20.8 Å². The van der Waals surface area contributed by atoms with E-state index in [1.807, 2.05) is 18.2 Å². The molecule has 0 aliphatic carbocycles. The summed E-state index contributed by atoms with van der Waals surface area (Å²) in [6.07, 6.45) is 0. The first-order chi connectivity index (χ1) is 10.2. The number of hydrogen-bond donors (Lipinski definition) is 2. The van der Waals surface area contributed by atoms with Crippen LogP contribution in [0.4, 0.5) is 11.4 Å². The lowest BCUT2D eigenvalue weighted by Gasteiger charge is -2.13. The molecule has 5 nitrogen and oxygen atoms in total. The number of anilines is 1. The molecule has 0 saturated carbocycles. The van der Waals surface area contributed by atoms with Gasteiger partial charge in [0, 0.05) is 16.8 Å². The molecule has 4 rings (SSSR count). The lowest BCUT2D eigenvalue weighted by Crippen LogP contribution is -1.94. The van der Waals surface area contributed by atoms with Crippen molar-refractivity contribution >= 4 is 43.7 Å². The van der Waals surface area contributed by atoms with E-state index in [4.69, 9.17) is 0 Å². The van der Waals surface area contributed by atoms with E-state index in [-0.39, 0.29) is 10.6 Å². The Morgan fingerprint density at radius 2 is 1.43 bits per heavy atom. The summed E-state index contributed by atoms with van der Waals surface area (Å²) < 4.78 is 0. The summed E-state index contributed by atoms with van der Waals surface area (Å²) in [7, 11) is 0. The number of non-ortho nitro benzene ring substituents is 1. The first-order valence-electron chi connectivity index (χ1n) is 6.46. The van der Waals surface area contributed by atoms with Crippen molar-refractivity contribution in [1.82, 2.24) is 0 Å². The van der Waals surface area contributed by atoms with Gasteiger partial charge in [-0.1, -0.05) is 24.3 Å². The first-order valence-corrected chi connectivity index (χ1v) is 6.46. The van der Waals surface area contributed by atoms with Crippen LogP contribution in [0.15, 0.2) is 48.5 Å². The van der Waals surface area contributed by atoms with Crippen molar-refractivity contribution in [3.8, 4) is 0 Å². The number of hydrogen-bond acceptors (Lipinski definition) is 4. The average molecular weight is 278 g/mol. The third kappa shape index (κ3) is 1.49. The van der Waals surface area contributed by atoms with Gasteiger partial charge >= 0.3 is 0 Å². The molecule has 0 atom stereocenters. The molecule has 0 unspecified atom stereocenters. The molecule has 0 amide bonds. The Hall–Kier alpha value is -2.92. The van der Waals surface area contributed by atoms with Crippen molar-refractivity contribution in [2.24, 2.45) is 0 Å². The average Bonchev–Trinajstić information content (AvgIpc) is 2.51. The summed E-state index contributed by atoms with van der Waals surface area (Å²) in [4.78, 5) is 10.9. The van der Waals surface area contributed by atoms with Gasteiger partial charge in [-0.25, -0.2) is 0 Å². The molecule has 0 fully saturated rings. The molecule has 0 saturated heterocycles. The van der Waals surface area contributed by atoms with Crippen molar-refractivity contribution in [3.05, 3.63) is 58.6 Å². The van der Waals surface area contributed by atoms with Gasteiger partial charge in [0.15, 0.2) is 0 Å². The Bertz CT molecular complexity index is 1010. The molecule has 0 aliphatic rings. The number of nitro groups is 1. The van der Waals surface area contributed by atoms with Gasteiger partial charge in [0.1, 0.15) is 0 Å². The second-order valence-electron chi connectivity index (χ2n) is 4.99. The minimum atomic E-state index is -0.364. The molecule has 0 bridgehead atoms. The largest absolute Gasteiger partial charge is 0.291 e. The van der Waals surface area contributed by atoms with E-state index in [0.29, 0.717) is 11.1 Å². The van der Waals surface area contributed by atoms with Gasteiger partial charge in [0.25, 0.3) is 5.69 Å². The molecule has 0 radical (unpaired) electrons. The third-order valence-corrected chi connectivity index (χ3v) is 3.96. The second kappa shape index (κ2) is 4.04. The lowest BCUT2D eigenvalue weighted by atomic mass is 9.93. The molecule has 0 spiro atoms. The highest BCUT2D eigenvalue weighted by atomic mass is 16.6. The topological polar surface area (TPSA) is 75.4 Å². The standard InChI is InChI=1S/C16H10N2O3/c19-17-13-7-3-9-1-2-10-4-8-14(18(20)21)12-6-5-11(13)15(9)16(10)12/h1-8,17,19H. The maximum atomic E-state index is 11.2. The van der Waals surface area contributed by atoms with E-state index in [9.17, 15) is 15.3 Å². The fourth-order valence-corrected chi connectivity index (χ4v) is 3.04. The zero-order chi connectivity index (χ0) is 14.6. The van der Waals surface area contributed by atoms with E-state index in [1.165, 1.54) is 6.07 Å². The maximum Gasteiger partial charge on any atom is 0.277 e. The van der Waals surface area contributed by atoms with Gasteiger partial charge < -0.3 is 0 Å². The summed E-state index contributed by atoms with van der Waals surface area (Å²) >= 11 is 0. The van der Waals surface area contributed by atoms with Crippen LogP contribution in [0, 0.1) is 10.1 Å². The Labute approximate surface area is 118 Å². The smallest absolute Gasteiger partial charge is 0.277 e. The quantitative estimate of drug-likeness (QED) is 0.326. The van der Waals surface area contributed by atoms with Crippen LogP contribution < -0.4 is 5.48 Å². The number of nitro benzene ring substituents is 1. The van der Waals surface area contributed by atoms with Crippen molar-refractivity contribution in [3.63, 3.8) is 0 Å². The van der Waals surface area contributed by atoms with Crippen LogP contribution in [0.1, 0.15) is 0 Å². The monoisotopic (exact) mass is 278 g/mol.